The third-order valence-electron chi connectivity index (χ3n) is 2.75. The first-order valence-electron chi connectivity index (χ1n) is 5.10. The zero-order valence-electron chi connectivity index (χ0n) is 8.26. The fourth-order valence-corrected chi connectivity index (χ4v) is 2.11. The highest BCUT2D eigenvalue weighted by Crippen LogP contribution is 2.32. The number of hydrogen-bond donors (Lipinski definition) is 2. The molecule has 0 bridgehead atoms. The quantitative estimate of drug-likeness (QED) is 0.776. The van der Waals surface area contributed by atoms with E-state index in [2.05, 4.69) is 5.32 Å². The standard InChI is InChI=1S/C11H13ClFNO/c12-8-5-7(9(13)6-11(8)15)10-3-1-2-4-14-10/h5-6,10,14-15H,1-4H2. The molecule has 1 heterocycles. The minimum absolute atomic E-state index is 0.0249. The average Bonchev–Trinajstić information content (AvgIpc) is 2.25. The van der Waals surface area contributed by atoms with Crippen LogP contribution in [0.2, 0.25) is 5.02 Å². The maximum Gasteiger partial charge on any atom is 0.137 e. The molecule has 4 heteroatoms. The maximum absolute atomic E-state index is 13.6. The molecule has 82 valence electrons. The summed E-state index contributed by atoms with van der Waals surface area (Å²) in [7, 11) is 0. The zero-order chi connectivity index (χ0) is 10.8. The average molecular weight is 230 g/mol. The summed E-state index contributed by atoms with van der Waals surface area (Å²) in [6.07, 6.45) is 3.14. The molecule has 1 atom stereocenters. The fourth-order valence-electron chi connectivity index (χ4n) is 1.94. The van der Waals surface area contributed by atoms with Gasteiger partial charge in [0.15, 0.2) is 0 Å². The summed E-state index contributed by atoms with van der Waals surface area (Å²) < 4.78 is 13.6. The fraction of sp³-hybridized carbons (Fsp3) is 0.455. The first-order valence-corrected chi connectivity index (χ1v) is 5.47. The van der Waals surface area contributed by atoms with Crippen molar-refractivity contribution in [1.82, 2.24) is 5.32 Å². The second kappa shape index (κ2) is 4.37. The molecule has 1 aromatic carbocycles. The van der Waals surface area contributed by atoms with Gasteiger partial charge in [0, 0.05) is 17.7 Å². The first kappa shape index (κ1) is 10.7. The van der Waals surface area contributed by atoms with E-state index in [4.69, 9.17) is 11.6 Å². The lowest BCUT2D eigenvalue weighted by Crippen LogP contribution is -2.27. The number of benzene rings is 1. The minimum Gasteiger partial charge on any atom is -0.506 e. The summed E-state index contributed by atoms with van der Waals surface area (Å²) in [5.41, 5.74) is 0.553. The summed E-state index contributed by atoms with van der Waals surface area (Å²) in [5, 5.41) is 12.7. The van der Waals surface area contributed by atoms with Gasteiger partial charge in [-0.2, -0.15) is 0 Å². The first-order chi connectivity index (χ1) is 7.18. The van der Waals surface area contributed by atoms with Gasteiger partial charge in [-0.15, -0.1) is 0 Å². The Morgan fingerprint density at radius 2 is 2.20 bits per heavy atom. The van der Waals surface area contributed by atoms with Crippen LogP contribution < -0.4 is 5.32 Å². The number of nitrogens with one attached hydrogen (secondary N) is 1. The summed E-state index contributed by atoms with van der Waals surface area (Å²) in [6.45, 7) is 0.905. The smallest absolute Gasteiger partial charge is 0.137 e. The van der Waals surface area contributed by atoms with Crippen molar-refractivity contribution in [2.75, 3.05) is 6.54 Å². The van der Waals surface area contributed by atoms with Crippen molar-refractivity contribution in [3.8, 4) is 5.75 Å². The van der Waals surface area contributed by atoms with Crippen molar-refractivity contribution in [3.05, 3.63) is 28.5 Å². The van der Waals surface area contributed by atoms with Crippen molar-refractivity contribution in [1.29, 1.82) is 0 Å². The minimum atomic E-state index is -0.392. The van der Waals surface area contributed by atoms with Crippen LogP contribution in [-0.4, -0.2) is 11.7 Å². The van der Waals surface area contributed by atoms with Crippen molar-refractivity contribution in [2.24, 2.45) is 0 Å². The molecule has 1 aliphatic heterocycles. The molecule has 1 aromatic rings. The predicted molar refractivity (Wildman–Crippen MR) is 57.7 cm³/mol. The van der Waals surface area contributed by atoms with Crippen molar-refractivity contribution >= 4 is 11.6 Å². The van der Waals surface area contributed by atoms with Crippen molar-refractivity contribution < 1.29 is 9.50 Å². The molecule has 0 amide bonds. The Bertz CT molecular complexity index is 364. The molecule has 0 saturated carbocycles. The monoisotopic (exact) mass is 229 g/mol. The van der Waals surface area contributed by atoms with E-state index < -0.39 is 5.82 Å². The predicted octanol–water partition coefficient (Wildman–Crippen LogP) is 3.00. The van der Waals surface area contributed by atoms with E-state index in [1.165, 1.54) is 6.07 Å². The number of halogens is 2. The Morgan fingerprint density at radius 3 is 2.87 bits per heavy atom. The number of rotatable bonds is 1. The molecule has 0 spiro atoms. The lowest BCUT2D eigenvalue weighted by molar-refractivity contribution is 0.397. The lowest BCUT2D eigenvalue weighted by Gasteiger charge is -2.24. The highest BCUT2D eigenvalue weighted by atomic mass is 35.5. The molecule has 0 aromatic heterocycles. The normalized spacial score (nSPS) is 21.6. The van der Waals surface area contributed by atoms with Gasteiger partial charge in [-0.1, -0.05) is 18.0 Å². The van der Waals surface area contributed by atoms with E-state index in [0.717, 1.165) is 31.9 Å². The summed E-state index contributed by atoms with van der Waals surface area (Å²) in [5.74, 6) is -0.593. The molecule has 1 aliphatic rings. The molecule has 1 saturated heterocycles. The van der Waals surface area contributed by atoms with E-state index >= 15 is 0 Å². The largest absolute Gasteiger partial charge is 0.506 e. The Labute approximate surface area is 93.1 Å². The Balaban J connectivity index is 2.30. The third-order valence-corrected chi connectivity index (χ3v) is 3.05. The highest BCUT2D eigenvalue weighted by molar-refractivity contribution is 6.32. The van der Waals surface area contributed by atoms with Crippen LogP contribution in [0, 0.1) is 5.82 Å². The van der Waals surface area contributed by atoms with Crippen LogP contribution in [0.1, 0.15) is 30.9 Å². The SMILES string of the molecule is Oc1cc(F)c(C2CCCCN2)cc1Cl. The van der Waals surface area contributed by atoms with Crippen molar-refractivity contribution in [3.63, 3.8) is 0 Å². The van der Waals surface area contributed by atoms with Gasteiger partial charge < -0.3 is 10.4 Å². The zero-order valence-corrected chi connectivity index (χ0v) is 9.02. The van der Waals surface area contributed by atoms with Crippen LogP contribution in [-0.2, 0) is 0 Å². The van der Waals surface area contributed by atoms with Gasteiger partial charge in [-0.25, -0.2) is 4.39 Å². The number of phenolic OH excluding ortho intramolecular Hbond substituents is 1. The number of hydrogen-bond acceptors (Lipinski definition) is 2. The number of piperidine rings is 1. The maximum atomic E-state index is 13.6. The van der Waals surface area contributed by atoms with Gasteiger partial charge in [0.05, 0.1) is 5.02 Å². The van der Waals surface area contributed by atoms with E-state index in [1.54, 1.807) is 0 Å². The van der Waals surface area contributed by atoms with Crippen LogP contribution in [0.3, 0.4) is 0 Å². The highest BCUT2D eigenvalue weighted by Gasteiger charge is 2.19. The lowest BCUT2D eigenvalue weighted by atomic mass is 9.97. The molecule has 2 nitrogen and oxygen atoms in total. The summed E-state index contributed by atoms with van der Waals surface area (Å²) in [4.78, 5) is 0. The second-order valence-corrected chi connectivity index (χ2v) is 4.23. The van der Waals surface area contributed by atoms with Crippen molar-refractivity contribution in [2.45, 2.75) is 25.3 Å². The molecule has 2 rings (SSSR count). The number of phenols is 1. The van der Waals surface area contributed by atoms with Gasteiger partial charge in [-0.05, 0) is 25.5 Å². The van der Waals surface area contributed by atoms with Crippen LogP contribution in [0.25, 0.3) is 0 Å². The van der Waals surface area contributed by atoms with Gasteiger partial charge in [-0.3, -0.25) is 0 Å². The molecule has 2 N–H and O–H groups in total. The molecule has 0 radical (unpaired) electrons. The van der Waals surface area contributed by atoms with Crippen LogP contribution in [0.5, 0.6) is 5.75 Å². The van der Waals surface area contributed by atoms with Gasteiger partial charge in [0.2, 0.25) is 0 Å². The third kappa shape index (κ3) is 2.24. The van der Waals surface area contributed by atoms with E-state index in [1.807, 2.05) is 0 Å². The Hall–Kier alpha value is -0.800. The molecular formula is C11H13ClFNO. The van der Waals surface area contributed by atoms with Gasteiger partial charge >= 0.3 is 0 Å². The van der Waals surface area contributed by atoms with E-state index in [9.17, 15) is 9.50 Å². The topological polar surface area (TPSA) is 32.3 Å². The second-order valence-electron chi connectivity index (χ2n) is 3.83. The Kier molecular flexibility index (Phi) is 3.12. The van der Waals surface area contributed by atoms with Gasteiger partial charge in [0.25, 0.3) is 0 Å². The van der Waals surface area contributed by atoms with Crippen LogP contribution >= 0.6 is 11.6 Å². The summed E-state index contributed by atoms with van der Waals surface area (Å²) >= 11 is 5.76. The molecule has 15 heavy (non-hydrogen) atoms. The molecule has 0 aliphatic carbocycles. The van der Waals surface area contributed by atoms with E-state index in [0.29, 0.717) is 5.56 Å². The van der Waals surface area contributed by atoms with Crippen LogP contribution in [0.4, 0.5) is 4.39 Å². The Morgan fingerprint density at radius 1 is 1.40 bits per heavy atom. The van der Waals surface area contributed by atoms with E-state index in [-0.39, 0.29) is 16.8 Å². The molecule has 1 fully saturated rings. The summed E-state index contributed by atoms with van der Waals surface area (Å²) in [6, 6.07) is 2.61. The molecule has 1 unspecified atom stereocenters. The number of aromatic hydroxyl groups is 1. The molecular weight excluding hydrogens is 217 g/mol. The van der Waals surface area contributed by atoms with Crippen LogP contribution in [0.15, 0.2) is 12.1 Å². The van der Waals surface area contributed by atoms with Gasteiger partial charge in [0.1, 0.15) is 11.6 Å².